The standard InChI is InChI=1S/C16H30N4O3/c1-18-9-6-13(7-10-18)11-19(2)15(21)17-14-5-4-8-20(12-14)16(22)23-3/h13-14H,4-12H2,1-3H3,(H,17,21). The van der Waals surface area contributed by atoms with Crippen molar-refractivity contribution in [2.24, 2.45) is 5.92 Å². The van der Waals surface area contributed by atoms with Crippen LogP contribution in [-0.4, -0.2) is 86.8 Å². The number of likely N-dealkylation sites (tertiary alicyclic amines) is 2. The molecule has 1 atom stereocenters. The molecule has 0 aromatic rings. The average molecular weight is 326 g/mol. The summed E-state index contributed by atoms with van der Waals surface area (Å²) in [6.45, 7) is 4.24. The van der Waals surface area contributed by atoms with Gasteiger partial charge in [-0.2, -0.15) is 0 Å². The molecule has 2 saturated heterocycles. The number of rotatable bonds is 3. The predicted molar refractivity (Wildman–Crippen MR) is 88.4 cm³/mol. The van der Waals surface area contributed by atoms with Gasteiger partial charge in [-0.1, -0.05) is 0 Å². The number of ether oxygens (including phenoxy) is 1. The zero-order valence-corrected chi connectivity index (χ0v) is 14.6. The van der Waals surface area contributed by atoms with Gasteiger partial charge in [-0.25, -0.2) is 9.59 Å². The Hall–Kier alpha value is -1.50. The van der Waals surface area contributed by atoms with Gasteiger partial charge in [0.25, 0.3) is 0 Å². The van der Waals surface area contributed by atoms with E-state index in [2.05, 4.69) is 17.3 Å². The van der Waals surface area contributed by atoms with Gasteiger partial charge in [0.2, 0.25) is 0 Å². The molecule has 132 valence electrons. The zero-order chi connectivity index (χ0) is 16.8. The number of carbonyl (C=O) groups excluding carboxylic acids is 2. The van der Waals surface area contributed by atoms with Crippen molar-refractivity contribution in [3.63, 3.8) is 0 Å². The van der Waals surface area contributed by atoms with Crippen molar-refractivity contribution in [2.45, 2.75) is 31.7 Å². The molecule has 0 saturated carbocycles. The van der Waals surface area contributed by atoms with Crippen LogP contribution in [0, 0.1) is 5.92 Å². The van der Waals surface area contributed by atoms with Gasteiger partial charge in [-0.3, -0.25) is 0 Å². The second-order valence-electron chi connectivity index (χ2n) is 6.83. The molecule has 2 fully saturated rings. The van der Waals surface area contributed by atoms with Gasteiger partial charge in [0.15, 0.2) is 0 Å². The number of hydrogen-bond acceptors (Lipinski definition) is 4. The van der Waals surface area contributed by atoms with Crippen molar-refractivity contribution in [2.75, 3.05) is 53.9 Å². The zero-order valence-electron chi connectivity index (χ0n) is 14.6. The Labute approximate surface area is 138 Å². The van der Waals surface area contributed by atoms with Crippen LogP contribution in [0.25, 0.3) is 0 Å². The second-order valence-corrected chi connectivity index (χ2v) is 6.83. The van der Waals surface area contributed by atoms with Crippen LogP contribution in [0.5, 0.6) is 0 Å². The van der Waals surface area contributed by atoms with Gasteiger partial charge >= 0.3 is 12.1 Å². The van der Waals surface area contributed by atoms with Crippen molar-refractivity contribution < 1.29 is 14.3 Å². The van der Waals surface area contributed by atoms with Crippen LogP contribution in [0.3, 0.4) is 0 Å². The molecule has 2 aliphatic rings. The lowest BCUT2D eigenvalue weighted by molar-refractivity contribution is 0.106. The van der Waals surface area contributed by atoms with E-state index in [1.807, 2.05) is 7.05 Å². The van der Waals surface area contributed by atoms with Crippen LogP contribution < -0.4 is 5.32 Å². The average Bonchev–Trinajstić information content (AvgIpc) is 2.56. The van der Waals surface area contributed by atoms with E-state index in [0.717, 1.165) is 45.3 Å². The normalized spacial score (nSPS) is 23.4. The molecule has 7 nitrogen and oxygen atoms in total. The summed E-state index contributed by atoms with van der Waals surface area (Å²) in [5, 5.41) is 3.05. The summed E-state index contributed by atoms with van der Waals surface area (Å²) in [5.74, 6) is 0.583. The molecular weight excluding hydrogens is 296 g/mol. The van der Waals surface area contributed by atoms with Crippen LogP contribution in [0.15, 0.2) is 0 Å². The number of hydrogen-bond donors (Lipinski definition) is 1. The number of nitrogens with one attached hydrogen (secondary N) is 1. The molecule has 0 aromatic heterocycles. The van der Waals surface area contributed by atoms with E-state index in [1.165, 1.54) is 7.11 Å². The number of piperidine rings is 2. The van der Waals surface area contributed by atoms with Crippen molar-refractivity contribution in [1.29, 1.82) is 0 Å². The summed E-state index contributed by atoms with van der Waals surface area (Å²) in [6, 6.07) is -0.0315. The second kappa shape index (κ2) is 8.38. The summed E-state index contributed by atoms with van der Waals surface area (Å²) >= 11 is 0. The maximum Gasteiger partial charge on any atom is 0.409 e. The van der Waals surface area contributed by atoms with Crippen molar-refractivity contribution in [1.82, 2.24) is 20.0 Å². The number of methoxy groups -OCH3 is 1. The molecule has 2 heterocycles. The monoisotopic (exact) mass is 326 g/mol. The van der Waals surface area contributed by atoms with Crippen LogP contribution >= 0.6 is 0 Å². The third-order valence-corrected chi connectivity index (χ3v) is 4.90. The molecule has 7 heteroatoms. The van der Waals surface area contributed by atoms with E-state index in [0.29, 0.717) is 19.0 Å². The highest BCUT2D eigenvalue weighted by molar-refractivity contribution is 5.74. The molecule has 23 heavy (non-hydrogen) atoms. The van der Waals surface area contributed by atoms with Gasteiger partial charge < -0.3 is 24.8 Å². The third-order valence-electron chi connectivity index (χ3n) is 4.90. The van der Waals surface area contributed by atoms with Gasteiger partial charge in [-0.15, -0.1) is 0 Å². The predicted octanol–water partition coefficient (Wildman–Crippen LogP) is 1.20. The first-order valence-corrected chi connectivity index (χ1v) is 8.52. The van der Waals surface area contributed by atoms with Gasteiger partial charge in [-0.05, 0) is 51.7 Å². The fourth-order valence-corrected chi connectivity index (χ4v) is 3.39. The molecule has 1 N–H and O–H groups in total. The lowest BCUT2D eigenvalue weighted by Gasteiger charge is -2.34. The largest absolute Gasteiger partial charge is 0.453 e. The number of carbonyl (C=O) groups is 2. The summed E-state index contributed by atoms with van der Waals surface area (Å²) in [6.07, 6.45) is 3.77. The molecule has 0 bridgehead atoms. The first kappa shape index (κ1) is 17.8. The van der Waals surface area contributed by atoms with Crippen molar-refractivity contribution in [3.05, 3.63) is 0 Å². The fourth-order valence-electron chi connectivity index (χ4n) is 3.39. The van der Waals surface area contributed by atoms with E-state index >= 15 is 0 Å². The molecule has 1 unspecified atom stereocenters. The van der Waals surface area contributed by atoms with E-state index in [1.54, 1.807) is 9.80 Å². The number of nitrogens with zero attached hydrogens (tertiary/aromatic N) is 3. The fraction of sp³-hybridized carbons (Fsp3) is 0.875. The Bertz CT molecular complexity index is 410. The molecule has 0 spiro atoms. The summed E-state index contributed by atoms with van der Waals surface area (Å²) < 4.78 is 4.76. The minimum Gasteiger partial charge on any atom is -0.453 e. The highest BCUT2D eigenvalue weighted by Crippen LogP contribution is 2.17. The van der Waals surface area contributed by atoms with Crippen LogP contribution in [0.1, 0.15) is 25.7 Å². The quantitative estimate of drug-likeness (QED) is 0.846. The molecule has 0 aromatic carbocycles. The lowest BCUT2D eigenvalue weighted by Crippen LogP contribution is -2.52. The Kier molecular flexibility index (Phi) is 6.50. The topological polar surface area (TPSA) is 65.1 Å². The third kappa shape index (κ3) is 5.27. The van der Waals surface area contributed by atoms with Gasteiger partial charge in [0.1, 0.15) is 0 Å². The number of urea groups is 1. The summed E-state index contributed by atoms with van der Waals surface area (Å²) in [5.41, 5.74) is 0. The van der Waals surface area contributed by atoms with Crippen molar-refractivity contribution in [3.8, 4) is 0 Å². The summed E-state index contributed by atoms with van der Waals surface area (Å²) in [7, 11) is 5.39. The summed E-state index contributed by atoms with van der Waals surface area (Å²) in [4.78, 5) is 29.7. The van der Waals surface area contributed by atoms with Crippen LogP contribution in [-0.2, 0) is 4.74 Å². The Balaban J connectivity index is 1.75. The van der Waals surface area contributed by atoms with Crippen LogP contribution in [0.2, 0.25) is 0 Å². The van der Waals surface area contributed by atoms with E-state index < -0.39 is 0 Å². The maximum absolute atomic E-state index is 12.4. The minimum atomic E-state index is -0.316. The first-order valence-electron chi connectivity index (χ1n) is 8.52. The number of amides is 3. The smallest absolute Gasteiger partial charge is 0.409 e. The molecular formula is C16H30N4O3. The highest BCUT2D eigenvalue weighted by Gasteiger charge is 2.27. The molecule has 3 amide bonds. The molecule has 0 radical (unpaired) electrons. The minimum absolute atomic E-state index is 0.00953. The van der Waals surface area contributed by atoms with Crippen molar-refractivity contribution >= 4 is 12.1 Å². The van der Waals surface area contributed by atoms with E-state index in [-0.39, 0.29) is 18.2 Å². The van der Waals surface area contributed by atoms with Gasteiger partial charge in [0, 0.05) is 32.7 Å². The molecule has 0 aliphatic carbocycles. The maximum atomic E-state index is 12.4. The Morgan fingerprint density at radius 3 is 2.57 bits per heavy atom. The lowest BCUT2D eigenvalue weighted by atomic mass is 9.97. The molecule has 2 rings (SSSR count). The van der Waals surface area contributed by atoms with E-state index in [9.17, 15) is 9.59 Å². The highest BCUT2D eigenvalue weighted by atomic mass is 16.5. The van der Waals surface area contributed by atoms with E-state index in [4.69, 9.17) is 4.74 Å². The van der Waals surface area contributed by atoms with Gasteiger partial charge in [0.05, 0.1) is 7.11 Å². The molecule has 2 aliphatic heterocycles. The first-order chi connectivity index (χ1) is 11.0. The van der Waals surface area contributed by atoms with Crippen LogP contribution in [0.4, 0.5) is 9.59 Å². The Morgan fingerprint density at radius 1 is 1.22 bits per heavy atom. The SMILES string of the molecule is COC(=O)N1CCCC(NC(=O)N(C)CC2CCN(C)CC2)C1. The Morgan fingerprint density at radius 2 is 1.91 bits per heavy atom.